The minimum Gasteiger partial charge on any atom is -0.394 e. The summed E-state index contributed by atoms with van der Waals surface area (Å²) >= 11 is 7.67. The second-order valence-corrected chi connectivity index (χ2v) is 8.19. The van der Waals surface area contributed by atoms with Crippen molar-refractivity contribution in [3.63, 3.8) is 0 Å². The maximum atomic E-state index is 8.80. The van der Waals surface area contributed by atoms with Crippen molar-refractivity contribution in [1.29, 1.82) is 0 Å². The van der Waals surface area contributed by atoms with E-state index < -0.39 is 5.79 Å². The molecule has 1 heterocycles. The van der Waals surface area contributed by atoms with Gasteiger partial charge in [0.2, 0.25) is 0 Å². The summed E-state index contributed by atoms with van der Waals surface area (Å²) in [5.41, 5.74) is 6.37. The molecule has 1 saturated carbocycles. The number of nitrogens with two attached hydrogens (primary N) is 1. The minimum atomic E-state index is -1.50. The van der Waals surface area contributed by atoms with Crippen LogP contribution in [0, 0.1) is 0 Å². The van der Waals surface area contributed by atoms with Gasteiger partial charge in [0.1, 0.15) is 5.69 Å². The van der Waals surface area contributed by atoms with Crippen LogP contribution in [0.4, 0.5) is 11.5 Å². The maximum absolute atomic E-state index is 8.80. The monoisotopic (exact) mass is 452 g/mol. The Morgan fingerprint density at radius 3 is 2.45 bits per heavy atom. The van der Waals surface area contributed by atoms with Crippen molar-refractivity contribution >= 4 is 34.9 Å². The molecule has 170 valence electrons. The summed E-state index contributed by atoms with van der Waals surface area (Å²) in [5, 5.41) is 29.3. The molecule has 1 aliphatic carbocycles. The number of nitrogen functional groups attached to an aromatic ring is 1. The lowest BCUT2D eigenvalue weighted by molar-refractivity contribution is -0.127. The van der Waals surface area contributed by atoms with Gasteiger partial charge >= 0.3 is 0 Å². The topological polar surface area (TPSA) is 134 Å². The molecule has 8 nitrogen and oxygen atoms in total. The Kier molecular flexibility index (Phi) is 14.6. The number of aliphatic hydroxyl groups is 3. The van der Waals surface area contributed by atoms with Crippen molar-refractivity contribution in [2.75, 3.05) is 30.0 Å². The van der Waals surface area contributed by atoms with E-state index in [4.69, 9.17) is 37.4 Å². The van der Waals surface area contributed by atoms with E-state index in [2.05, 4.69) is 22.2 Å². The largest absolute Gasteiger partial charge is 0.394 e. The van der Waals surface area contributed by atoms with Crippen molar-refractivity contribution < 1.29 is 20.1 Å². The number of thioether (sulfide) groups is 1. The molecule has 1 aromatic rings. The third kappa shape index (κ3) is 13.1. The summed E-state index contributed by atoms with van der Waals surface area (Å²) in [6, 6.07) is 0.251. The number of aromatic nitrogens is 2. The van der Waals surface area contributed by atoms with E-state index in [1.165, 1.54) is 13.8 Å². The molecule has 2 unspecified atom stereocenters. The second-order valence-electron chi connectivity index (χ2n) is 6.77. The summed E-state index contributed by atoms with van der Waals surface area (Å²) < 4.78 is 5.57. The second kappa shape index (κ2) is 15.0. The van der Waals surface area contributed by atoms with Gasteiger partial charge in [-0.25, -0.2) is 9.97 Å². The number of anilines is 2. The third-order valence-corrected chi connectivity index (χ3v) is 4.83. The fraction of sp³-hybridized carbons (Fsp3) is 0.789. The number of halogens is 1. The summed E-state index contributed by atoms with van der Waals surface area (Å²) in [7, 11) is 0. The Balaban J connectivity index is 0.000000977. The van der Waals surface area contributed by atoms with Gasteiger partial charge in [-0.05, 0) is 39.5 Å². The smallest absolute Gasteiger partial charge is 0.191 e. The van der Waals surface area contributed by atoms with Crippen LogP contribution in [0.1, 0.15) is 60.3 Å². The number of nitrogens with zero attached hydrogens (tertiary/aromatic N) is 2. The SMILES string of the molecule is CC.CC(C)(O)O.CCCSc1nc(Cl)c(N)c(NC2CCC(OCCO)C2)n1. The molecule has 29 heavy (non-hydrogen) atoms. The lowest BCUT2D eigenvalue weighted by atomic mass is 10.2. The first kappa shape index (κ1) is 28.2. The van der Waals surface area contributed by atoms with E-state index >= 15 is 0 Å². The number of hydrogen-bond acceptors (Lipinski definition) is 9. The predicted octanol–water partition coefficient (Wildman–Crippen LogP) is 3.29. The van der Waals surface area contributed by atoms with Crippen molar-refractivity contribution in [1.82, 2.24) is 9.97 Å². The van der Waals surface area contributed by atoms with E-state index in [0.717, 1.165) is 31.4 Å². The van der Waals surface area contributed by atoms with Crippen molar-refractivity contribution in [2.45, 2.75) is 83.4 Å². The van der Waals surface area contributed by atoms with Crippen molar-refractivity contribution in [3.8, 4) is 0 Å². The molecule has 0 amide bonds. The van der Waals surface area contributed by atoms with Crippen LogP contribution in [-0.2, 0) is 4.74 Å². The summed E-state index contributed by atoms with van der Waals surface area (Å²) in [5.74, 6) is 0.0478. The van der Waals surface area contributed by atoms with Gasteiger partial charge in [-0.15, -0.1) is 0 Å². The normalized spacial score (nSPS) is 18.4. The Morgan fingerprint density at radius 2 is 1.90 bits per heavy atom. The van der Waals surface area contributed by atoms with Gasteiger partial charge in [0, 0.05) is 11.8 Å². The molecule has 6 N–H and O–H groups in total. The van der Waals surface area contributed by atoms with Crippen LogP contribution in [0.5, 0.6) is 0 Å². The summed E-state index contributed by atoms with van der Waals surface area (Å²) in [6.07, 6.45) is 4.05. The van der Waals surface area contributed by atoms with Gasteiger partial charge < -0.3 is 31.1 Å². The van der Waals surface area contributed by atoms with Gasteiger partial charge in [0.25, 0.3) is 0 Å². The Hall–Kier alpha value is -0.840. The maximum Gasteiger partial charge on any atom is 0.191 e. The van der Waals surface area contributed by atoms with Gasteiger partial charge in [-0.2, -0.15) is 0 Å². The molecule has 0 saturated heterocycles. The molecule has 1 fully saturated rings. The molecule has 0 aliphatic heterocycles. The predicted molar refractivity (Wildman–Crippen MR) is 120 cm³/mol. The fourth-order valence-corrected chi connectivity index (χ4v) is 3.34. The zero-order valence-corrected chi connectivity index (χ0v) is 19.7. The lowest BCUT2D eigenvalue weighted by Crippen LogP contribution is -2.20. The highest BCUT2D eigenvalue weighted by Gasteiger charge is 2.26. The first-order valence-corrected chi connectivity index (χ1v) is 11.4. The Labute approximate surface area is 183 Å². The van der Waals surface area contributed by atoms with E-state index in [1.54, 1.807) is 11.8 Å². The van der Waals surface area contributed by atoms with Crippen LogP contribution in [-0.4, -0.2) is 62.2 Å². The van der Waals surface area contributed by atoms with Crippen LogP contribution >= 0.6 is 23.4 Å². The average molecular weight is 453 g/mol. The number of nitrogens with one attached hydrogen (secondary N) is 1. The quantitative estimate of drug-likeness (QED) is 0.174. The van der Waals surface area contributed by atoms with E-state index in [9.17, 15) is 0 Å². The molecule has 0 spiro atoms. The molecule has 2 rings (SSSR count). The van der Waals surface area contributed by atoms with E-state index in [-0.39, 0.29) is 18.8 Å². The van der Waals surface area contributed by atoms with Crippen molar-refractivity contribution in [3.05, 3.63) is 5.15 Å². The molecule has 0 aromatic carbocycles. The molecule has 10 heteroatoms. The van der Waals surface area contributed by atoms with Crippen LogP contribution in [0.15, 0.2) is 5.16 Å². The first-order valence-electron chi connectivity index (χ1n) is 10.0. The molecule has 0 radical (unpaired) electrons. The summed E-state index contributed by atoms with van der Waals surface area (Å²) in [6.45, 7) is 9.15. The highest BCUT2D eigenvalue weighted by Crippen LogP contribution is 2.31. The molecule has 1 aromatic heterocycles. The van der Waals surface area contributed by atoms with E-state index in [1.807, 2.05) is 13.8 Å². The van der Waals surface area contributed by atoms with Gasteiger partial charge in [-0.3, -0.25) is 0 Å². The number of rotatable bonds is 8. The molecule has 0 bridgehead atoms. The zero-order valence-electron chi connectivity index (χ0n) is 18.1. The van der Waals surface area contributed by atoms with Gasteiger partial charge in [0.15, 0.2) is 21.9 Å². The third-order valence-electron chi connectivity index (χ3n) is 3.48. The molecule has 1 aliphatic rings. The number of ether oxygens (including phenoxy) is 1. The standard InChI is InChI=1S/C14H23ClN4O2S.C3H8O2.C2H6/c1-2-7-22-14-18-12(15)11(16)13(19-14)17-9-3-4-10(8-9)21-6-5-20;1-3(2,4)5;1-2/h9-10,20H,2-8,16H2,1H3,(H,17,18,19);4-5H,1-2H3;1-2H3. The van der Waals surface area contributed by atoms with Gasteiger partial charge in [0.05, 0.1) is 19.3 Å². The zero-order chi connectivity index (χ0) is 22.4. The molecular formula is C19H37ClN4O4S. The van der Waals surface area contributed by atoms with Crippen LogP contribution < -0.4 is 11.1 Å². The van der Waals surface area contributed by atoms with E-state index in [0.29, 0.717) is 28.4 Å². The highest BCUT2D eigenvalue weighted by molar-refractivity contribution is 7.99. The van der Waals surface area contributed by atoms with Crippen LogP contribution in [0.25, 0.3) is 0 Å². The number of aliphatic hydroxyl groups excluding tert-OH is 1. The minimum absolute atomic E-state index is 0.0566. The van der Waals surface area contributed by atoms with Crippen LogP contribution in [0.2, 0.25) is 5.15 Å². The Morgan fingerprint density at radius 1 is 1.28 bits per heavy atom. The van der Waals surface area contributed by atoms with Crippen molar-refractivity contribution in [2.24, 2.45) is 0 Å². The lowest BCUT2D eigenvalue weighted by Gasteiger charge is -2.16. The molecule has 2 atom stereocenters. The van der Waals surface area contributed by atoms with Gasteiger partial charge in [-0.1, -0.05) is 44.1 Å². The number of hydrogen-bond donors (Lipinski definition) is 5. The average Bonchev–Trinajstić information content (AvgIpc) is 3.10. The first-order chi connectivity index (χ1) is 13.6. The highest BCUT2D eigenvalue weighted by atomic mass is 35.5. The Bertz CT molecular complexity index is 570. The summed E-state index contributed by atoms with van der Waals surface area (Å²) in [4.78, 5) is 8.67. The fourth-order valence-electron chi connectivity index (χ4n) is 2.43. The molecular weight excluding hydrogens is 416 g/mol. The van der Waals surface area contributed by atoms with Crippen LogP contribution in [0.3, 0.4) is 0 Å².